The first-order valence-electron chi connectivity index (χ1n) is 7.83. The van der Waals surface area contributed by atoms with Gasteiger partial charge in [0.15, 0.2) is 6.10 Å². The van der Waals surface area contributed by atoms with E-state index in [1.807, 2.05) is 13.0 Å². The maximum absolute atomic E-state index is 13.6. The van der Waals surface area contributed by atoms with E-state index in [4.69, 9.17) is 4.74 Å². The van der Waals surface area contributed by atoms with E-state index in [1.54, 1.807) is 25.2 Å². The number of nitrogens with zero attached hydrogens (tertiary/aromatic N) is 2. The van der Waals surface area contributed by atoms with Crippen LogP contribution in [0.2, 0.25) is 0 Å². The lowest BCUT2D eigenvalue weighted by Gasteiger charge is -2.38. The summed E-state index contributed by atoms with van der Waals surface area (Å²) >= 11 is 0. The number of carbonyl (C=O) groups excluding carboxylic acids is 2. The normalized spacial score (nSPS) is 20.4. The highest BCUT2D eigenvalue weighted by Crippen LogP contribution is 2.30. The average molecular weight is 343 g/mol. The highest BCUT2D eigenvalue weighted by atomic mass is 19.1. The van der Waals surface area contributed by atoms with Crippen molar-refractivity contribution in [2.24, 2.45) is 0 Å². The van der Waals surface area contributed by atoms with Crippen LogP contribution in [-0.2, 0) is 14.3 Å². The molecule has 1 aliphatic heterocycles. The molecule has 3 rings (SSSR count). The number of benzene rings is 1. The summed E-state index contributed by atoms with van der Waals surface area (Å²) in [6.07, 6.45) is -0.966. The zero-order valence-electron chi connectivity index (χ0n) is 13.9. The van der Waals surface area contributed by atoms with Gasteiger partial charge in [0.25, 0.3) is 5.91 Å². The second-order valence-corrected chi connectivity index (χ2v) is 5.89. The van der Waals surface area contributed by atoms with E-state index in [0.717, 1.165) is 5.69 Å². The van der Waals surface area contributed by atoms with Gasteiger partial charge >= 0.3 is 0 Å². The first-order chi connectivity index (χ1) is 12.0. The van der Waals surface area contributed by atoms with Crippen LogP contribution in [0.5, 0.6) is 0 Å². The van der Waals surface area contributed by atoms with Crippen LogP contribution < -0.4 is 5.32 Å². The van der Waals surface area contributed by atoms with E-state index in [0.29, 0.717) is 11.4 Å². The summed E-state index contributed by atoms with van der Waals surface area (Å²) in [5.41, 5.74) is 1.25. The number of ether oxygens (including phenoxy) is 1. The molecule has 1 aliphatic rings. The summed E-state index contributed by atoms with van der Waals surface area (Å²) in [5, 5.41) is 2.70. The predicted molar refractivity (Wildman–Crippen MR) is 89.3 cm³/mol. The molecule has 1 N–H and O–H groups in total. The SMILES string of the molecule is Cc1cccc(NC(=O)[C@H]2OCC(=O)N(C)[C@@H]2c2cccc(F)c2)n1. The van der Waals surface area contributed by atoms with Crippen molar-refractivity contribution in [2.45, 2.75) is 19.1 Å². The van der Waals surface area contributed by atoms with Crippen LogP contribution in [-0.4, -0.2) is 41.5 Å². The number of hydrogen-bond donors (Lipinski definition) is 1. The van der Waals surface area contributed by atoms with Gasteiger partial charge in [-0.05, 0) is 36.8 Å². The molecule has 7 heteroatoms. The van der Waals surface area contributed by atoms with Gasteiger partial charge in [0.2, 0.25) is 5.91 Å². The van der Waals surface area contributed by atoms with Crippen LogP contribution in [0.25, 0.3) is 0 Å². The van der Waals surface area contributed by atoms with Crippen molar-refractivity contribution < 1.29 is 18.7 Å². The van der Waals surface area contributed by atoms with Gasteiger partial charge in [-0.1, -0.05) is 18.2 Å². The number of pyridine rings is 1. The first kappa shape index (κ1) is 17.0. The van der Waals surface area contributed by atoms with Gasteiger partial charge in [-0.25, -0.2) is 9.37 Å². The quantitative estimate of drug-likeness (QED) is 0.926. The fraction of sp³-hybridized carbons (Fsp3) is 0.278. The molecule has 130 valence electrons. The Bertz CT molecular complexity index is 812. The Hall–Kier alpha value is -2.80. The molecule has 25 heavy (non-hydrogen) atoms. The molecule has 6 nitrogen and oxygen atoms in total. The molecule has 2 amide bonds. The zero-order chi connectivity index (χ0) is 18.0. The Balaban J connectivity index is 1.89. The van der Waals surface area contributed by atoms with Gasteiger partial charge in [0, 0.05) is 12.7 Å². The number of aromatic nitrogens is 1. The Morgan fingerprint density at radius 3 is 2.80 bits per heavy atom. The lowest BCUT2D eigenvalue weighted by atomic mass is 9.97. The van der Waals surface area contributed by atoms with Gasteiger partial charge in [0.05, 0.1) is 6.04 Å². The van der Waals surface area contributed by atoms with E-state index in [1.165, 1.54) is 23.1 Å². The van der Waals surface area contributed by atoms with E-state index in [2.05, 4.69) is 10.3 Å². The number of morpholine rings is 1. The van der Waals surface area contributed by atoms with Crippen molar-refractivity contribution >= 4 is 17.6 Å². The van der Waals surface area contributed by atoms with Crippen molar-refractivity contribution in [1.29, 1.82) is 0 Å². The second-order valence-electron chi connectivity index (χ2n) is 5.89. The monoisotopic (exact) mass is 343 g/mol. The molecule has 0 aliphatic carbocycles. The molecule has 1 fully saturated rings. The summed E-state index contributed by atoms with van der Waals surface area (Å²) in [6.45, 7) is 1.61. The number of amides is 2. The van der Waals surface area contributed by atoms with Crippen LogP contribution in [0.15, 0.2) is 42.5 Å². The van der Waals surface area contributed by atoms with Crippen molar-refractivity contribution in [3.63, 3.8) is 0 Å². The van der Waals surface area contributed by atoms with Gasteiger partial charge in [-0.2, -0.15) is 0 Å². The standard InChI is InChI=1S/C18H18FN3O3/c1-11-5-3-8-14(20-11)21-18(24)17-16(22(2)15(23)10-25-17)12-6-4-7-13(19)9-12/h3-9,16-17H,10H2,1-2H3,(H,20,21,24)/t16-,17+/m1/s1. The van der Waals surface area contributed by atoms with Crippen LogP contribution >= 0.6 is 0 Å². The van der Waals surface area contributed by atoms with E-state index in [-0.39, 0.29) is 12.5 Å². The topological polar surface area (TPSA) is 71.5 Å². The average Bonchev–Trinajstić information content (AvgIpc) is 2.57. The molecule has 2 heterocycles. The zero-order valence-corrected chi connectivity index (χ0v) is 13.9. The number of likely N-dealkylation sites (N-methyl/N-ethyl adjacent to an activating group) is 1. The van der Waals surface area contributed by atoms with Crippen molar-refractivity contribution in [1.82, 2.24) is 9.88 Å². The molecular formula is C18H18FN3O3. The lowest BCUT2D eigenvalue weighted by molar-refractivity contribution is -0.160. The van der Waals surface area contributed by atoms with Crippen molar-refractivity contribution in [3.05, 3.63) is 59.5 Å². The van der Waals surface area contributed by atoms with Crippen LogP contribution in [0.1, 0.15) is 17.3 Å². The lowest BCUT2D eigenvalue weighted by Crippen LogP contribution is -2.51. The minimum absolute atomic E-state index is 0.207. The van der Waals surface area contributed by atoms with Gasteiger partial charge in [0.1, 0.15) is 18.2 Å². The molecule has 0 radical (unpaired) electrons. The molecule has 0 unspecified atom stereocenters. The highest BCUT2D eigenvalue weighted by molar-refractivity contribution is 5.95. The van der Waals surface area contributed by atoms with Gasteiger partial charge < -0.3 is 15.0 Å². The summed E-state index contributed by atoms with van der Waals surface area (Å²) in [5.74, 6) is -0.756. The Kier molecular flexibility index (Phi) is 4.76. The Morgan fingerprint density at radius 2 is 2.08 bits per heavy atom. The maximum atomic E-state index is 13.6. The number of halogens is 1. The van der Waals surface area contributed by atoms with Crippen molar-refractivity contribution in [3.8, 4) is 0 Å². The summed E-state index contributed by atoms with van der Waals surface area (Å²) in [4.78, 5) is 30.3. The number of rotatable bonds is 3. The number of aryl methyl sites for hydroxylation is 1. The third-order valence-electron chi connectivity index (χ3n) is 4.07. The molecule has 1 saturated heterocycles. The maximum Gasteiger partial charge on any atom is 0.257 e. The smallest absolute Gasteiger partial charge is 0.257 e. The molecule has 2 atom stereocenters. The van der Waals surface area contributed by atoms with E-state index < -0.39 is 23.9 Å². The Morgan fingerprint density at radius 1 is 1.32 bits per heavy atom. The fourth-order valence-electron chi connectivity index (χ4n) is 2.83. The number of anilines is 1. The molecule has 1 aromatic carbocycles. The number of nitrogens with one attached hydrogen (secondary N) is 1. The third kappa shape index (κ3) is 3.66. The first-order valence-corrected chi connectivity index (χ1v) is 7.83. The van der Waals surface area contributed by atoms with Crippen LogP contribution in [0.3, 0.4) is 0 Å². The molecule has 0 bridgehead atoms. The largest absolute Gasteiger partial charge is 0.356 e. The predicted octanol–water partition coefficient (Wildman–Crippen LogP) is 2.07. The van der Waals surface area contributed by atoms with E-state index in [9.17, 15) is 14.0 Å². The van der Waals surface area contributed by atoms with Gasteiger partial charge in [-0.3, -0.25) is 9.59 Å². The van der Waals surface area contributed by atoms with Crippen LogP contribution in [0.4, 0.5) is 10.2 Å². The molecule has 1 aromatic heterocycles. The minimum atomic E-state index is -0.966. The number of carbonyl (C=O) groups is 2. The minimum Gasteiger partial charge on any atom is -0.356 e. The summed E-state index contributed by atoms with van der Waals surface area (Å²) in [7, 11) is 1.58. The summed E-state index contributed by atoms with van der Waals surface area (Å²) < 4.78 is 19.1. The van der Waals surface area contributed by atoms with Gasteiger partial charge in [-0.15, -0.1) is 0 Å². The highest BCUT2D eigenvalue weighted by Gasteiger charge is 2.40. The second kappa shape index (κ2) is 6.98. The number of hydrogen-bond acceptors (Lipinski definition) is 4. The Labute approximate surface area is 144 Å². The van der Waals surface area contributed by atoms with Crippen molar-refractivity contribution in [2.75, 3.05) is 19.0 Å². The molecular weight excluding hydrogens is 325 g/mol. The fourth-order valence-corrected chi connectivity index (χ4v) is 2.83. The van der Waals surface area contributed by atoms with Crippen LogP contribution in [0, 0.1) is 12.7 Å². The third-order valence-corrected chi connectivity index (χ3v) is 4.07. The molecule has 0 saturated carbocycles. The molecule has 2 aromatic rings. The molecule has 0 spiro atoms. The summed E-state index contributed by atoms with van der Waals surface area (Å²) in [6, 6.07) is 10.3. The van der Waals surface area contributed by atoms with E-state index >= 15 is 0 Å².